The van der Waals surface area contributed by atoms with Crippen LogP contribution in [0, 0.1) is 0 Å². The number of hydrogen-bond donors (Lipinski definition) is 1. The van der Waals surface area contributed by atoms with Crippen molar-refractivity contribution in [1.29, 1.82) is 0 Å². The third kappa shape index (κ3) is 5.89. The second-order valence-electron chi connectivity index (χ2n) is 8.81. The van der Waals surface area contributed by atoms with Gasteiger partial charge in [-0.05, 0) is 74.3 Å². The number of rotatable bonds is 11. The molecule has 4 aromatic rings. The van der Waals surface area contributed by atoms with Gasteiger partial charge >= 0.3 is 0 Å². The Morgan fingerprint density at radius 1 is 1.00 bits per heavy atom. The summed E-state index contributed by atoms with van der Waals surface area (Å²) >= 11 is 0. The van der Waals surface area contributed by atoms with Crippen LogP contribution in [0.4, 0.5) is 5.82 Å². The van der Waals surface area contributed by atoms with Gasteiger partial charge in [-0.2, -0.15) is 5.10 Å². The lowest BCUT2D eigenvalue weighted by molar-refractivity contribution is 0.254. The number of hydrogen-bond acceptors (Lipinski definition) is 7. The summed E-state index contributed by atoms with van der Waals surface area (Å²) in [5, 5.41) is 7.79. The highest BCUT2D eigenvalue weighted by atomic mass is 16.5. The molecule has 3 aromatic heterocycles. The number of ether oxygens (including phenoxy) is 2. The molecule has 0 spiro atoms. The largest absolute Gasteiger partial charge is 0.493 e. The van der Waals surface area contributed by atoms with Crippen LogP contribution in [-0.4, -0.2) is 57.8 Å². The number of aromatic nitrogens is 4. The zero-order valence-corrected chi connectivity index (χ0v) is 20.2. The standard InChI is InChI=1S/C27H32N6O2/c1-34-24-9-8-21(18-25(24)35-17-5-16-32-14-2-3-15-32)19-27-28-12-11-26(31-27)29-20-23-7-4-6-22-10-13-30-33(22)23/h4,6-13,18H,2-3,5,14-17,19-20H2,1H3,(H,28,29,31). The molecule has 1 N–H and O–H groups in total. The first kappa shape index (κ1) is 23.1. The van der Waals surface area contributed by atoms with E-state index in [4.69, 9.17) is 14.5 Å². The van der Waals surface area contributed by atoms with E-state index >= 15 is 0 Å². The normalized spacial score (nSPS) is 13.9. The summed E-state index contributed by atoms with van der Waals surface area (Å²) in [6.07, 6.45) is 7.85. The minimum absolute atomic E-state index is 0.610. The average molecular weight is 473 g/mol. The summed E-state index contributed by atoms with van der Waals surface area (Å²) < 4.78 is 13.5. The molecular formula is C27H32N6O2. The lowest BCUT2D eigenvalue weighted by Crippen LogP contribution is -2.21. The first-order chi connectivity index (χ1) is 17.3. The van der Waals surface area contributed by atoms with Crippen LogP contribution in [0.3, 0.4) is 0 Å². The monoisotopic (exact) mass is 472 g/mol. The number of anilines is 1. The van der Waals surface area contributed by atoms with Gasteiger partial charge in [-0.15, -0.1) is 0 Å². The fourth-order valence-electron chi connectivity index (χ4n) is 4.51. The topological polar surface area (TPSA) is 76.8 Å². The molecule has 0 bridgehead atoms. The van der Waals surface area contributed by atoms with Gasteiger partial charge < -0.3 is 19.7 Å². The maximum Gasteiger partial charge on any atom is 0.161 e. The van der Waals surface area contributed by atoms with Crippen LogP contribution >= 0.6 is 0 Å². The fourth-order valence-corrected chi connectivity index (χ4v) is 4.51. The van der Waals surface area contributed by atoms with E-state index in [9.17, 15) is 0 Å². The second-order valence-corrected chi connectivity index (χ2v) is 8.81. The number of pyridine rings is 1. The Morgan fingerprint density at radius 3 is 2.80 bits per heavy atom. The van der Waals surface area contributed by atoms with Crippen molar-refractivity contribution in [3.05, 3.63) is 78.0 Å². The summed E-state index contributed by atoms with van der Waals surface area (Å²) in [5.74, 6) is 3.05. The van der Waals surface area contributed by atoms with Crippen LogP contribution in [0.1, 0.15) is 36.3 Å². The minimum atomic E-state index is 0.610. The predicted molar refractivity (Wildman–Crippen MR) is 136 cm³/mol. The van der Waals surface area contributed by atoms with Crippen molar-refractivity contribution >= 4 is 11.3 Å². The van der Waals surface area contributed by atoms with Gasteiger partial charge in [0.1, 0.15) is 11.6 Å². The first-order valence-electron chi connectivity index (χ1n) is 12.3. The Hall–Kier alpha value is -3.65. The SMILES string of the molecule is COc1ccc(Cc2nccc(NCc3cccc4ccnn34)n2)cc1OCCCN1CCCC1. The Bertz CT molecular complexity index is 1250. The van der Waals surface area contributed by atoms with Gasteiger partial charge in [0, 0.05) is 25.4 Å². The van der Waals surface area contributed by atoms with Crippen LogP contribution in [-0.2, 0) is 13.0 Å². The number of benzene rings is 1. The molecule has 0 amide bonds. The van der Waals surface area contributed by atoms with Crippen molar-refractivity contribution < 1.29 is 9.47 Å². The van der Waals surface area contributed by atoms with Crippen LogP contribution < -0.4 is 14.8 Å². The molecule has 0 atom stereocenters. The van der Waals surface area contributed by atoms with E-state index in [0.29, 0.717) is 19.6 Å². The summed E-state index contributed by atoms with van der Waals surface area (Å²) in [5.41, 5.74) is 3.22. The summed E-state index contributed by atoms with van der Waals surface area (Å²) in [6.45, 7) is 4.81. The Morgan fingerprint density at radius 2 is 1.91 bits per heavy atom. The molecule has 5 rings (SSSR count). The molecule has 4 heterocycles. The van der Waals surface area contributed by atoms with Gasteiger partial charge in [-0.25, -0.2) is 14.5 Å². The van der Waals surface area contributed by atoms with E-state index < -0.39 is 0 Å². The molecule has 1 saturated heterocycles. The van der Waals surface area contributed by atoms with Crippen LogP contribution in [0.25, 0.3) is 5.52 Å². The van der Waals surface area contributed by atoms with Gasteiger partial charge in [0.2, 0.25) is 0 Å². The summed E-state index contributed by atoms with van der Waals surface area (Å²) in [6, 6.07) is 16.0. The van der Waals surface area contributed by atoms with Gasteiger partial charge in [0.05, 0.1) is 31.5 Å². The number of fused-ring (bicyclic) bond motifs is 1. The van der Waals surface area contributed by atoms with E-state index in [2.05, 4.69) is 26.4 Å². The van der Waals surface area contributed by atoms with Crippen LogP contribution in [0.5, 0.6) is 11.5 Å². The molecule has 1 aliphatic rings. The molecule has 1 aromatic carbocycles. The molecule has 35 heavy (non-hydrogen) atoms. The molecule has 1 fully saturated rings. The maximum atomic E-state index is 6.09. The van der Waals surface area contributed by atoms with Crippen molar-refractivity contribution in [2.45, 2.75) is 32.2 Å². The average Bonchev–Trinajstić information content (AvgIpc) is 3.58. The fraction of sp³-hybridized carbons (Fsp3) is 0.370. The number of nitrogens with one attached hydrogen (secondary N) is 1. The van der Waals surface area contributed by atoms with Crippen LogP contribution in [0.15, 0.2) is 60.9 Å². The Balaban J connectivity index is 1.20. The highest BCUT2D eigenvalue weighted by molar-refractivity contribution is 5.47. The lowest BCUT2D eigenvalue weighted by atomic mass is 10.1. The predicted octanol–water partition coefficient (Wildman–Crippen LogP) is 4.20. The quantitative estimate of drug-likeness (QED) is 0.328. The van der Waals surface area contributed by atoms with Gasteiger partial charge in [-0.1, -0.05) is 12.1 Å². The van der Waals surface area contributed by atoms with Gasteiger partial charge in [0.25, 0.3) is 0 Å². The highest BCUT2D eigenvalue weighted by Gasteiger charge is 2.12. The highest BCUT2D eigenvalue weighted by Crippen LogP contribution is 2.29. The molecule has 1 aliphatic heterocycles. The third-order valence-corrected chi connectivity index (χ3v) is 6.32. The molecular weight excluding hydrogens is 440 g/mol. The minimum Gasteiger partial charge on any atom is -0.493 e. The zero-order valence-electron chi connectivity index (χ0n) is 20.2. The molecule has 8 heteroatoms. The molecule has 8 nitrogen and oxygen atoms in total. The first-order valence-corrected chi connectivity index (χ1v) is 12.3. The van der Waals surface area contributed by atoms with Crippen molar-refractivity contribution in [1.82, 2.24) is 24.5 Å². The zero-order chi connectivity index (χ0) is 23.9. The van der Waals surface area contributed by atoms with E-state index in [0.717, 1.165) is 52.9 Å². The molecule has 182 valence electrons. The molecule has 0 unspecified atom stereocenters. The van der Waals surface area contributed by atoms with Crippen molar-refractivity contribution in [2.75, 3.05) is 38.7 Å². The summed E-state index contributed by atoms with van der Waals surface area (Å²) in [4.78, 5) is 11.7. The van der Waals surface area contributed by atoms with E-state index in [1.165, 1.54) is 25.9 Å². The van der Waals surface area contributed by atoms with Crippen molar-refractivity contribution in [2.24, 2.45) is 0 Å². The second kappa shape index (κ2) is 11.2. The Kier molecular flexibility index (Phi) is 7.38. The van der Waals surface area contributed by atoms with E-state index in [1.807, 2.05) is 53.2 Å². The number of nitrogens with zero attached hydrogens (tertiary/aromatic N) is 5. The molecule has 0 aliphatic carbocycles. The summed E-state index contributed by atoms with van der Waals surface area (Å²) in [7, 11) is 1.67. The number of likely N-dealkylation sites (tertiary alicyclic amines) is 1. The van der Waals surface area contributed by atoms with E-state index in [-0.39, 0.29) is 0 Å². The Labute approximate surface area is 205 Å². The molecule has 0 radical (unpaired) electrons. The van der Waals surface area contributed by atoms with Crippen LogP contribution in [0.2, 0.25) is 0 Å². The van der Waals surface area contributed by atoms with E-state index in [1.54, 1.807) is 13.3 Å². The lowest BCUT2D eigenvalue weighted by Gasteiger charge is -2.16. The smallest absolute Gasteiger partial charge is 0.161 e. The maximum absolute atomic E-state index is 6.09. The van der Waals surface area contributed by atoms with Gasteiger partial charge in [0.15, 0.2) is 11.5 Å². The molecule has 0 saturated carbocycles. The number of methoxy groups -OCH3 is 1. The van der Waals surface area contributed by atoms with Crippen molar-refractivity contribution in [3.63, 3.8) is 0 Å². The van der Waals surface area contributed by atoms with Crippen molar-refractivity contribution in [3.8, 4) is 11.5 Å². The van der Waals surface area contributed by atoms with Gasteiger partial charge in [-0.3, -0.25) is 0 Å². The third-order valence-electron chi connectivity index (χ3n) is 6.32.